The Bertz CT molecular complexity index is 617. The second-order valence-corrected chi connectivity index (χ2v) is 4.45. The average molecular weight is 288 g/mol. The van der Waals surface area contributed by atoms with Crippen molar-refractivity contribution in [1.82, 2.24) is 0 Å². The molecule has 99 valence electrons. The van der Waals surface area contributed by atoms with Crippen LogP contribution in [0.1, 0.15) is 11.1 Å². The second-order valence-electron chi connectivity index (χ2n) is 4.02. The smallest absolute Gasteiger partial charge is 0.206 e. The summed E-state index contributed by atoms with van der Waals surface area (Å²) in [5, 5.41) is -0.0170. The molecule has 0 bridgehead atoms. The molecule has 0 aliphatic carbocycles. The first-order valence-electron chi connectivity index (χ1n) is 5.34. The zero-order valence-corrected chi connectivity index (χ0v) is 10.5. The molecule has 0 saturated heterocycles. The molecular formula is C14H8ClF4. The summed E-state index contributed by atoms with van der Waals surface area (Å²) in [5.74, 6) is -0.666. The van der Waals surface area contributed by atoms with Crippen LogP contribution in [0.4, 0.5) is 17.6 Å². The van der Waals surface area contributed by atoms with E-state index in [1.54, 1.807) is 0 Å². The van der Waals surface area contributed by atoms with Crippen LogP contribution in [-0.2, 0) is 6.18 Å². The summed E-state index contributed by atoms with van der Waals surface area (Å²) in [6, 6.07) is 8.39. The molecule has 0 nitrogen and oxygen atoms in total. The van der Waals surface area contributed by atoms with Crippen LogP contribution < -0.4 is 0 Å². The van der Waals surface area contributed by atoms with Gasteiger partial charge in [0.1, 0.15) is 5.82 Å². The molecule has 0 aliphatic rings. The highest BCUT2D eigenvalue weighted by molar-refractivity contribution is 6.30. The summed E-state index contributed by atoms with van der Waals surface area (Å²) in [7, 11) is 0. The number of alkyl halides is 3. The van der Waals surface area contributed by atoms with E-state index in [4.69, 9.17) is 11.6 Å². The molecular weight excluding hydrogens is 280 g/mol. The molecule has 0 aliphatic heterocycles. The van der Waals surface area contributed by atoms with Crippen molar-refractivity contribution in [2.45, 2.75) is 13.1 Å². The second kappa shape index (κ2) is 4.85. The first-order chi connectivity index (χ1) is 8.80. The minimum Gasteiger partial charge on any atom is -0.206 e. The molecule has 0 fully saturated rings. The van der Waals surface area contributed by atoms with Gasteiger partial charge in [0, 0.05) is 11.1 Å². The third-order valence-corrected chi connectivity index (χ3v) is 3.01. The molecule has 0 saturated carbocycles. The summed E-state index contributed by atoms with van der Waals surface area (Å²) >= 11 is 5.60. The maximum atomic E-state index is 13.4. The number of benzene rings is 2. The van der Waals surface area contributed by atoms with Gasteiger partial charge in [-0.15, -0.1) is 0 Å². The van der Waals surface area contributed by atoms with E-state index < -0.39 is 17.6 Å². The molecule has 5 heteroatoms. The van der Waals surface area contributed by atoms with Crippen LogP contribution in [0, 0.1) is 18.8 Å². The first kappa shape index (κ1) is 13.9. The summed E-state index contributed by atoms with van der Waals surface area (Å²) in [4.78, 5) is 0. The number of rotatable bonds is 1. The standard InChI is InChI=1S/C14H8ClF4/c1-8-10(3-2-4-13(8)16)11-6-5-9(15)7-12(11)14(17,18)19/h2-3,5-7H,1H3. The van der Waals surface area contributed by atoms with Gasteiger partial charge >= 0.3 is 6.18 Å². The first-order valence-corrected chi connectivity index (χ1v) is 5.72. The van der Waals surface area contributed by atoms with Crippen LogP contribution in [0.5, 0.6) is 0 Å². The molecule has 2 aromatic rings. The predicted octanol–water partition coefficient (Wildman–Crippen LogP) is 5.27. The van der Waals surface area contributed by atoms with Crippen LogP contribution >= 0.6 is 11.6 Å². The fourth-order valence-electron chi connectivity index (χ4n) is 1.83. The SMILES string of the molecule is Cc1c(F)[c]ccc1-c1ccc(Cl)cc1C(F)(F)F. The van der Waals surface area contributed by atoms with Gasteiger partial charge in [0.25, 0.3) is 0 Å². The highest BCUT2D eigenvalue weighted by Gasteiger charge is 2.34. The quantitative estimate of drug-likeness (QED) is 0.627. The van der Waals surface area contributed by atoms with Crippen molar-refractivity contribution in [3.8, 4) is 11.1 Å². The van der Waals surface area contributed by atoms with Gasteiger partial charge in [-0.3, -0.25) is 0 Å². The van der Waals surface area contributed by atoms with E-state index in [9.17, 15) is 17.6 Å². The predicted molar refractivity (Wildman–Crippen MR) is 65.4 cm³/mol. The van der Waals surface area contributed by atoms with Crippen LogP contribution in [0.15, 0.2) is 30.3 Å². The van der Waals surface area contributed by atoms with Crippen molar-refractivity contribution in [1.29, 1.82) is 0 Å². The Hall–Kier alpha value is -1.55. The van der Waals surface area contributed by atoms with Crippen molar-refractivity contribution in [2.75, 3.05) is 0 Å². The van der Waals surface area contributed by atoms with Gasteiger partial charge in [-0.2, -0.15) is 13.2 Å². The minimum absolute atomic E-state index is 0.0170. The molecule has 2 rings (SSSR count). The topological polar surface area (TPSA) is 0 Å². The van der Waals surface area contributed by atoms with Crippen molar-refractivity contribution < 1.29 is 17.6 Å². The highest BCUT2D eigenvalue weighted by Crippen LogP contribution is 2.39. The lowest BCUT2D eigenvalue weighted by Gasteiger charge is -2.15. The normalized spacial score (nSPS) is 11.7. The van der Waals surface area contributed by atoms with Crippen molar-refractivity contribution in [2.24, 2.45) is 0 Å². The molecule has 0 amide bonds. The van der Waals surface area contributed by atoms with E-state index in [1.807, 2.05) is 0 Å². The molecule has 0 N–H and O–H groups in total. The maximum Gasteiger partial charge on any atom is 0.417 e. The number of hydrogen-bond acceptors (Lipinski definition) is 0. The van der Waals surface area contributed by atoms with Crippen LogP contribution in [0.2, 0.25) is 5.02 Å². The summed E-state index contributed by atoms with van der Waals surface area (Å²) in [6.07, 6.45) is -4.55. The zero-order valence-electron chi connectivity index (χ0n) is 9.78. The van der Waals surface area contributed by atoms with E-state index in [1.165, 1.54) is 31.2 Å². The highest BCUT2D eigenvalue weighted by atomic mass is 35.5. The molecule has 0 spiro atoms. The zero-order chi connectivity index (χ0) is 14.2. The molecule has 0 atom stereocenters. The lowest BCUT2D eigenvalue weighted by atomic mass is 9.95. The monoisotopic (exact) mass is 287 g/mol. The lowest BCUT2D eigenvalue weighted by Crippen LogP contribution is -2.07. The van der Waals surface area contributed by atoms with E-state index >= 15 is 0 Å². The summed E-state index contributed by atoms with van der Waals surface area (Å²) < 4.78 is 52.4. The van der Waals surface area contributed by atoms with Crippen molar-refractivity contribution >= 4 is 11.6 Å². The van der Waals surface area contributed by atoms with E-state index in [0.717, 1.165) is 6.07 Å². The summed E-state index contributed by atoms with van der Waals surface area (Å²) in [5.41, 5.74) is -0.674. The van der Waals surface area contributed by atoms with Gasteiger partial charge in [0.2, 0.25) is 0 Å². The minimum atomic E-state index is -4.55. The van der Waals surface area contributed by atoms with Crippen LogP contribution in [0.3, 0.4) is 0 Å². The fraction of sp³-hybridized carbons (Fsp3) is 0.143. The van der Waals surface area contributed by atoms with E-state index in [2.05, 4.69) is 6.07 Å². The molecule has 0 heterocycles. The Morgan fingerprint density at radius 1 is 1.11 bits per heavy atom. The molecule has 0 unspecified atom stereocenters. The Morgan fingerprint density at radius 3 is 2.42 bits per heavy atom. The Balaban J connectivity index is 2.72. The largest absolute Gasteiger partial charge is 0.417 e. The van der Waals surface area contributed by atoms with Gasteiger partial charge in [-0.1, -0.05) is 29.8 Å². The van der Waals surface area contributed by atoms with Gasteiger partial charge in [0.15, 0.2) is 0 Å². The van der Waals surface area contributed by atoms with Gasteiger partial charge in [0.05, 0.1) is 5.56 Å². The molecule has 0 aromatic heterocycles. The van der Waals surface area contributed by atoms with Crippen molar-refractivity contribution in [3.05, 3.63) is 58.4 Å². The molecule has 2 aromatic carbocycles. The Labute approximate surface area is 112 Å². The Kier molecular flexibility index (Phi) is 3.54. The average Bonchev–Trinajstić information content (AvgIpc) is 2.32. The van der Waals surface area contributed by atoms with Crippen molar-refractivity contribution in [3.63, 3.8) is 0 Å². The summed E-state index contributed by atoms with van der Waals surface area (Å²) in [6.45, 7) is 1.41. The van der Waals surface area contributed by atoms with Gasteiger partial charge in [-0.05, 0) is 35.7 Å². The van der Waals surface area contributed by atoms with Gasteiger partial charge < -0.3 is 0 Å². The van der Waals surface area contributed by atoms with Crippen LogP contribution in [0.25, 0.3) is 11.1 Å². The van der Waals surface area contributed by atoms with Gasteiger partial charge in [-0.25, -0.2) is 4.39 Å². The fourth-order valence-corrected chi connectivity index (χ4v) is 2.00. The number of hydrogen-bond donors (Lipinski definition) is 0. The lowest BCUT2D eigenvalue weighted by molar-refractivity contribution is -0.137. The molecule has 1 radical (unpaired) electrons. The Morgan fingerprint density at radius 2 is 1.79 bits per heavy atom. The number of halogens is 5. The van der Waals surface area contributed by atoms with E-state index in [-0.39, 0.29) is 21.7 Å². The van der Waals surface area contributed by atoms with E-state index in [0.29, 0.717) is 0 Å². The third-order valence-electron chi connectivity index (χ3n) is 2.77. The molecule has 19 heavy (non-hydrogen) atoms. The maximum absolute atomic E-state index is 13.4. The van der Waals surface area contributed by atoms with Crippen LogP contribution in [-0.4, -0.2) is 0 Å². The third kappa shape index (κ3) is 2.73.